The van der Waals surface area contributed by atoms with Crippen LogP contribution in [0.3, 0.4) is 0 Å². The summed E-state index contributed by atoms with van der Waals surface area (Å²) in [5.41, 5.74) is 4.30. The summed E-state index contributed by atoms with van der Waals surface area (Å²) >= 11 is 0. The van der Waals surface area contributed by atoms with Crippen LogP contribution in [0.1, 0.15) is 5.56 Å². The zero-order valence-electron chi connectivity index (χ0n) is 18.5. The second-order valence-corrected chi connectivity index (χ2v) is 8.42. The van der Waals surface area contributed by atoms with Gasteiger partial charge in [-0.3, -0.25) is 9.78 Å². The van der Waals surface area contributed by atoms with E-state index in [2.05, 4.69) is 20.0 Å². The van der Waals surface area contributed by atoms with E-state index in [1.807, 2.05) is 42.5 Å². The number of pyridine rings is 2. The van der Waals surface area contributed by atoms with E-state index in [-0.39, 0.29) is 11.2 Å². The smallest absolute Gasteiger partial charge is 0.272 e. The van der Waals surface area contributed by atoms with Gasteiger partial charge in [-0.25, -0.2) is 4.21 Å². The normalized spacial score (nSPS) is 11.7. The van der Waals surface area contributed by atoms with Gasteiger partial charge in [0.2, 0.25) is 0 Å². The summed E-state index contributed by atoms with van der Waals surface area (Å²) in [4.78, 5) is 19.2. The lowest BCUT2D eigenvalue weighted by molar-refractivity contribution is 0.399. The molecule has 0 spiro atoms. The van der Waals surface area contributed by atoms with Crippen molar-refractivity contribution in [2.45, 2.75) is 6.54 Å². The highest BCUT2D eigenvalue weighted by Gasteiger charge is 2.10. The minimum Gasteiger partial charge on any atom is -0.497 e. The van der Waals surface area contributed by atoms with Crippen LogP contribution in [0.15, 0.2) is 65.7 Å². The van der Waals surface area contributed by atoms with Crippen molar-refractivity contribution < 1.29 is 13.7 Å². The predicted molar refractivity (Wildman–Crippen MR) is 132 cm³/mol. The monoisotopic (exact) mass is 464 g/mol. The van der Waals surface area contributed by atoms with Crippen molar-refractivity contribution in [1.29, 1.82) is 0 Å². The van der Waals surface area contributed by atoms with Gasteiger partial charge in [0.1, 0.15) is 28.2 Å². The number of aromatic amines is 1. The van der Waals surface area contributed by atoms with E-state index in [0.717, 1.165) is 44.8 Å². The third kappa shape index (κ3) is 4.98. The van der Waals surface area contributed by atoms with Crippen molar-refractivity contribution in [3.63, 3.8) is 0 Å². The molecule has 8 nitrogen and oxygen atoms in total. The summed E-state index contributed by atoms with van der Waals surface area (Å²) < 4.78 is 25.0. The molecular weight excluding hydrogens is 440 g/mol. The molecule has 3 N–H and O–H groups in total. The Morgan fingerprint density at radius 2 is 1.85 bits per heavy atom. The number of nitrogens with zero attached hydrogens (tertiary/aromatic N) is 1. The number of benzene rings is 2. The van der Waals surface area contributed by atoms with Gasteiger partial charge < -0.3 is 24.5 Å². The number of hydrogen-bond acceptors (Lipinski definition) is 6. The van der Waals surface area contributed by atoms with E-state index in [0.29, 0.717) is 6.54 Å². The Morgan fingerprint density at radius 3 is 2.61 bits per heavy atom. The lowest BCUT2D eigenvalue weighted by Gasteiger charge is -2.14. The molecule has 2 heterocycles. The maximum Gasteiger partial charge on any atom is 0.272 e. The average molecular weight is 465 g/mol. The number of H-pyrrole nitrogens is 1. The molecule has 4 rings (SSSR count). The topological polar surface area (TPSA) is 105 Å². The van der Waals surface area contributed by atoms with Gasteiger partial charge in [-0.05, 0) is 48.0 Å². The summed E-state index contributed by atoms with van der Waals surface area (Å²) in [7, 11) is 1.92. The van der Waals surface area contributed by atoms with Gasteiger partial charge in [0.25, 0.3) is 5.56 Å². The summed E-state index contributed by atoms with van der Waals surface area (Å²) in [6, 6.07) is 15.1. The minimum atomic E-state index is -1.35. The Balaban J connectivity index is 1.69. The fourth-order valence-corrected chi connectivity index (χ4v) is 4.03. The molecule has 0 saturated carbocycles. The zero-order chi connectivity index (χ0) is 23.4. The summed E-state index contributed by atoms with van der Waals surface area (Å²) in [5.74, 6) is 1.52. The van der Waals surface area contributed by atoms with Crippen LogP contribution in [0.5, 0.6) is 11.5 Å². The molecule has 9 heteroatoms. The van der Waals surface area contributed by atoms with E-state index < -0.39 is 11.0 Å². The molecule has 0 amide bonds. The molecule has 2 aromatic carbocycles. The molecule has 2 aromatic heterocycles. The second kappa shape index (κ2) is 9.74. The summed E-state index contributed by atoms with van der Waals surface area (Å²) in [6.45, 7) is 0.527. The highest BCUT2D eigenvalue weighted by Crippen LogP contribution is 2.30. The summed E-state index contributed by atoms with van der Waals surface area (Å²) in [5, 5.41) is 4.40. The van der Waals surface area contributed by atoms with Crippen LogP contribution in [0.4, 0.5) is 11.4 Å². The first-order valence-corrected chi connectivity index (χ1v) is 11.7. The third-order valence-electron chi connectivity index (χ3n) is 5.19. The molecule has 0 fully saturated rings. The Kier molecular flexibility index (Phi) is 6.60. The van der Waals surface area contributed by atoms with E-state index in [4.69, 9.17) is 9.47 Å². The Labute approximate surface area is 193 Å². The fourth-order valence-electron chi connectivity index (χ4n) is 3.57. The lowest BCUT2D eigenvalue weighted by atomic mass is 10.0. The number of aromatic nitrogens is 2. The predicted octanol–water partition coefficient (Wildman–Crippen LogP) is 3.92. The number of fused-ring (bicyclic) bond motifs is 1. The molecule has 1 atom stereocenters. The molecule has 0 bridgehead atoms. The van der Waals surface area contributed by atoms with Gasteiger partial charge >= 0.3 is 0 Å². The number of nitrogens with one attached hydrogen (secondary N) is 3. The van der Waals surface area contributed by atoms with Gasteiger partial charge in [0.05, 0.1) is 19.7 Å². The first-order valence-electron chi connectivity index (χ1n) is 10.1. The highest BCUT2D eigenvalue weighted by atomic mass is 32.2. The number of hydrogen-bond donors (Lipinski definition) is 3. The number of anilines is 2. The molecule has 0 aliphatic carbocycles. The van der Waals surface area contributed by atoms with Crippen LogP contribution in [-0.2, 0) is 17.5 Å². The average Bonchev–Trinajstić information content (AvgIpc) is 2.83. The Hall–Kier alpha value is -3.85. The van der Waals surface area contributed by atoms with E-state index >= 15 is 0 Å². The molecule has 0 radical (unpaired) electrons. The van der Waals surface area contributed by atoms with Gasteiger partial charge in [0.15, 0.2) is 0 Å². The number of methoxy groups -OCH3 is 2. The first kappa shape index (κ1) is 22.3. The maximum atomic E-state index is 12.0. The number of rotatable bonds is 8. The van der Waals surface area contributed by atoms with Crippen molar-refractivity contribution in [1.82, 2.24) is 9.97 Å². The van der Waals surface area contributed by atoms with Crippen LogP contribution < -0.4 is 25.1 Å². The summed E-state index contributed by atoms with van der Waals surface area (Å²) in [6.07, 6.45) is 4.87. The first-order chi connectivity index (χ1) is 16.0. The Morgan fingerprint density at radius 1 is 1.00 bits per heavy atom. The quantitative estimate of drug-likeness (QED) is 0.365. The van der Waals surface area contributed by atoms with E-state index in [9.17, 15) is 9.00 Å². The standard InChI is InChI=1S/C24H24N4O4S/c1-31-18-5-7-23(32-2)17(10-18)14-26-21-8-9-25-20-6-4-15(11-19(20)21)16-12-22(28-33(3)30)24(29)27-13-16/h4-13,28H,14H2,1-3H3,(H,25,26)(H,27,29). The molecule has 0 aliphatic rings. The number of ether oxygens (including phenoxy) is 2. The second-order valence-electron chi connectivity index (χ2n) is 7.31. The largest absolute Gasteiger partial charge is 0.497 e. The van der Waals surface area contributed by atoms with Gasteiger partial charge in [0, 0.05) is 47.4 Å². The van der Waals surface area contributed by atoms with Crippen molar-refractivity contribution in [2.24, 2.45) is 0 Å². The van der Waals surface area contributed by atoms with Crippen LogP contribution in [0.2, 0.25) is 0 Å². The van der Waals surface area contributed by atoms with Crippen LogP contribution in [0, 0.1) is 0 Å². The SMILES string of the molecule is COc1ccc(OC)c(CNc2ccnc3ccc(-c4c[nH]c(=O)c(NS(C)=O)c4)cc23)c1. The molecule has 1 unspecified atom stereocenters. The van der Waals surface area contributed by atoms with E-state index in [1.165, 1.54) is 6.26 Å². The molecule has 0 saturated heterocycles. The maximum absolute atomic E-state index is 12.0. The van der Waals surface area contributed by atoms with Crippen molar-refractivity contribution >= 4 is 33.3 Å². The molecule has 170 valence electrons. The molecular formula is C24H24N4O4S. The zero-order valence-corrected chi connectivity index (χ0v) is 19.3. The Bertz CT molecular complexity index is 1390. The lowest BCUT2D eigenvalue weighted by Crippen LogP contribution is -2.14. The minimum absolute atomic E-state index is 0.253. The molecule has 0 aliphatic heterocycles. The molecule has 33 heavy (non-hydrogen) atoms. The van der Waals surface area contributed by atoms with Crippen molar-refractivity contribution in [3.8, 4) is 22.6 Å². The van der Waals surface area contributed by atoms with Gasteiger partial charge in [-0.15, -0.1) is 0 Å². The van der Waals surface area contributed by atoms with Gasteiger partial charge in [-0.2, -0.15) is 0 Å². The van der Waals surface area contributed by atoms with Crippen molar-refractivity contribution in [2.75, 3.05) is 30.5 Å². The fraction of sp³-hybridized carbons (Fsp3) is 0.167. The highest BCUT2D eigenvalue weighted by molar-refractivity contribution is 7.85. The molecule has 4 aromatic rings. The van der Waals surface area contributed by atoms with Crippen LogP contribution >= 0.6 is 0 Å². The van der Waals surface area contributed by atoms with E-state index in [1.54, 1.807) is 32.7 Å². The van der Waals surface area contributed by atoms with Crippen molar-refractivity contribution in [3.05, 3.63) is 76.8 Å². The van der Waals surface area contributed by atoms with Crippen LogP contribution in [0.25, 0.3) is 22.0 Å². The van der Waals surface area contributed by atoms with Crippen LogP contribution in [-0.4, -0.2) is 34.7 Å². The third-order valence-corrected chi connectivity index (χ3v) is 5.70. The van der Waals surface area contributed by atoms with Gasteiger partial charge in [-0.1, -0.05) is 6.07 Å².